The van der Waals surface area contributed by atoms with Crippen LogP contribution in [0.5, 0.6) is 0 Å². The summed E-state index contributed by atoms with van der Waals surface area (Å²) in [6.07, 6.45) is 8.66. The van der Waals surface area contributed by atoms with Crippen LogP contribution >= 0.6 is 0 Å². The Morgan fingerprint density at radius 3 is 2.24 bits per heavy atom. The number of carbonyl (C=O) groups is 1. The number of Topliss-reactive ketones (excluding diaryl/α,β-unsaturated/α-hetero) is 1. The van der Waals surface area contributed by atoms with E-state index in [1.165, 1.54) is 44.6 Å². The summed E-state index contributed by atoms with van der Waals surface area (Å²) in [4.78, 5) is 12.7. The van der Waals surface area contributed by atoms with E-state index in [4.69, 9.17) is 0 Å². The summed E-state index contributed by atoms with van der Waals surface area (Å²) in [5.74, 6) is 2.62. The zero-order valence-electron chi connectivity index (χ0n) is 12.7. The third-order valence-electron chi connectivity index (χ3n) is 6.18. The van der Waals surface area contributed by atoms with Crippen LogP contribution in [0.4, 0.5) is 4.39 Å². The van der Waals surface area contributed by atoms with E-state index < -0.39 is 0 Å². The van der Waals surface area contributed by atoms with Crippen LogP contribution in [0.3, 0.4) is 0 Å². The van der Waals surface area contributed by atoms with E-state index in [2.05, 4.69) is 0 Å². The molecule has 0 heterocycles. The molecule has 0 N–H and O–H groups in total. The second-order valence-corrected chi connectivity index (χ2v) is 7.98. The zero-order chi connectivity index (χ0) is 14.6. The molecule has 1 aromatic rings. The fraction of sp³-hybridized carbons (Fsp3) is 0.632. The van der Waals surface area contributed by atoms with E-state index in [9.17, 15) is 9.18 Å². The molecule has 0 atom stereocenters. The summed E-state index contributed by atoms with van der Waals surface area (Å²) in [6, 6.07) is 4.81. The summed E-state index contributed by atoms with van der Waals surface area (Å²) in [5, 5.41) is 0. The van der Waals surface area contributed by atoms with Crippen LogP contribution in [0.1, 0.15) is 60.9 Å². The molecule has 5 rings (SSSR count). The first-order chi connectivity index (χ1) is 10.0. The van der Waals surface area contributed by atoms with E-state index in [-0.39, 0.29) is 17.0 Å². The first-order valence-electron chi connectivity index (χ1n) is 8.32. The third kappa shape index (κ3) is 2.33. The van der Waals surface area contributed by atoms with E-state index in [1.54, 1.807) is 19.1 Å². The van der Waals surface area contributed by atoms with Crippen molar-refractivity contribution in [2.45, 2.75) is 51.9 Å². The standard InChI is InChI=1S/C19H23FO/c1-12-4-16(2-3-17(12)20)18(21)11-19-8-13-5-14(9-19)7-15(6-13)10-19/h2-4,13-15H,5-11H2,1H3. The molecule has 21 heavy (non-hydrogen) atoms. The molecule has 4 saturated carbocycles. The lowest BCUT2D eigenvalue weighted by molar-refractivity contribution is -0.0524. The van der Waals surface area contributed by atoms with E-state index >= 15 is 0 Å². The Hall–Kier alpha value is -1.18. The van der Waals surface area contributed by atoms with Gasteiger partial charge in [-0.25, -0.2) is 4.39 Å². The van der Waals surface area contributed by atoms with Gasteiger partial charge in [0, 0.05) is 12.0 Å². The Kier molecular flexibility index (Phi) is 2.99. The molecule has 0 aromatic heterocycles. The highest BCUT2D eigenvalue weighted by atomic mass is 19.1. The minimum Gasteiger partial charge on any atom is -0.294 e. The van der Waals surface area contributed by atoms with Crippen LogP contribution in [0.15, 0.2) is 18.2 Å². The first kappa shape index (κ1) is 13.5. The van der Waals surface area contributed by atoms with Gasteiger partial charge in [0.1, 0.15) is 5.82 Å². The largest absolute Gasteiger partial charge is 0.294 e. The maximum Gasteiger partial charge on any atom is 0.163 e. The van der Waals surface area contributed by atoms with Gasteiger partial charge in [-0.1, -0.05) is 0 Å². The Bertz CT molecular complexity index is 554. The van der Waals surface area contributed by atoms with Crippen molar-refractivity contribution in [3.05, 3.63) is 35.1 Å². The normalized spacial score (nSPS) is 37.0. The molecule has 0 amide bonds. The van der Waals surface area contributed by atoms with E-state index in [0.717, 1.165) is 17.8 Å². The summed E-state index contributed by atoms with van der Waals surface area (Å²) < 4.78 is 13.4. The van der Waals surface area contributed by atoms with Crippen LogP contribution in [-0.2, 0) is 0 Å². The molecule has 0 unspecified atom stereocenters. The predicted molar refractivity (Wildman–Crippen MR) is 80.7 cm³/mol. The second kappa shape index (κ2) is 4.66. The molecule has 4 aliphatic carbocycles. The zero-order valence-corrected chi connectivity index (χ0v) is 12.7. The lowest BCUT2D eigenvalue weighted by Gasteiger charge is -2.56. The lowest BCUT2D eigenvalue weighted by Crippen LogP contribution is -2.46. The summed E-state index contributed by atoms with van der Waals surface area (Å²) in [7, 11) is 0. The minimum absolute atomic E-state index is 0.221. The number of hydrogen-bond acceptors (Lipinski definition) is 1. The predicted octanol–water partition coefficient (Wildman–Crippen LogP) is 4.92. The molecular formula is C19H23FO. The molecule has 0 saturated heterocycles. The number of halogens is 1. The molecule has 2 heteroatoms. The Morgan fingerprint density at radius 2 is 1.71 bits per heavy atom. The van der Waals surface area contributed by atoms with Crippen molar-refractivity contribution in [2.24, 2.45) is 23.2 Å². The molecule has 4 fully saturated rings. The van der Waals surface area contributed by atoms with Crippen LogP contribution < -0.4 is 0 Å². The van der Waals surface area contributed by atoms with Gasteiger partial charge in [0.15, 0.2) is 5.78 Å². The van der Waals surface area contributed by atoms with Crippen LogP contribution in [0.2, 0.25) is 0 Å². The summed E-state index contributed by atoms with van der Waals surface area (Å²) >= 11 is 0. The van der Waals surface area contributed by atoms with Crippen LogP contribution in [0.25, 0.3) is 0 Å². The van der Waals surface area contributed by atoms with Gasteiger partial charge in [-0.05, 0) is 92.4 Å². The number of ketones is 1. The van der Waals surface area contributed by atoms with Crippen molar-refractivity contribution >= 4 is 5.78 Å². The van der Waals surface area contributed by atoms with Gasteiger partial charge < -0.3 is 0 Å². The van der Waals surface area contributed by atoms with Gasteiger partial charge in [0.05, 0.1) is 0 Å². The van der Waals surface area contributed by atoms with Crippen molar-refractivity contribution in [1.82, 2.24) is 0 Å². The van der Waals surface area contributed by atoms with Crippen molar-refractivity contribution in [1.29, 1.82) is 0 Å². The number of rotatable bonds is 3. The first-order valence-corrected chi connectivity index (χ1v) is 8.32. The van der Waals surface area contributed by atoms with Gasteiger partial charge in [-0.15, -0.1) is 0 Å². The lowest BCUT2D eigenvalue weighted by atomic mass is 9.48. The molecule has 0 radical (unpaired) electrons. The highest BCUT2D eigenvalue weighted by Crippen LogP contribution is 2.61. The average molecular weight is 286 g/mol. The SMILES string of the molecule is Cc1cc(C(=O)CC23CC4CC(CC(C4)C2)C3)ccc1F. The van der Waals surface area contributed by atoms with E-state index in [0.29, 0.717) is 17.5 Å². The highest BCUT2D eigenvalue weighted by Gasteiger charge is 2.51. The Morgan fingerprint density at radius 1 is 1.14 bits per heavy atom. The molecule has 1 aromatic carbocycles. The number of hydrogen-bond donors (Lipinski definition) is 0. The van der Waals surface area contributed by atoms with Crippen molar-refractivity contribution in [3.8, 4) is 0 Å². The summed E-state index contributed by atoms with van der Waals surface area (Å²) in [6.45, 7) is 1.73. The monoisotopic (exact) mass is 286 g/mol. The van der Waals surface area contributed by atoms with Gasteiger partial charge in [0.25, 0.3) is 0 Å². The molecule has 0 spiro atoms. The molecule has 0 aliphatic heterocycles. The Balaban J connectivity index is 1.55. The number of benzene rings is 1. The minimum atomic E-state index is -0.221. The van der Waals surface area contributed by atoms with Crippen molar-refractivity contribution in [2.75, 3.05) is 0 Å². The Labute approximate surface area is 125 Å². The highest BCUT2D eigenvalue weighted by molar-refractivity contribution is 5.96. The topological polar surface area (TPSA) is 17.1 Å². The molecule has 4 aliphatic rings. The average Bonchev–Trinajstić information content (AvgIpc) is 2.39. The molecule has 4 bridgehead atoms. The van der Waals surface area contributed by atoms with Crippen LogP contribution in [0, 0.1) is 35.9 Å². The molecule has 112 valence electrons. The fourth-order valence-corrected chi connectivity index (χ4v) is 5.77. The number of carbonyl (C=O) groups excluding carboxylic acids is 1. The van der Waals surface area contributed by atoms with E-state index in [1.807, 2.05) is 0 Å². The van der Waals surface area contributed by atoms with Crippen molar-refractivity contribution in [3.63, 3.8) is 0 Å². The van der Waals surface area contributed by atoms with Gasteiger partial charge in [0.2, 0.25) is 0 Å². The van der Waals surface area contributed by atoms with Crippen molar-refractivity contribution < 1.29 is 9.18 Å². The van der Waals surface area contributed by atoms with Gasteiger partial charge in [-0.3, -0.25) is 4.79 Å². The third-order valence-corrected chi connectivity index (χ3v) is 6.18. The molecular weight excluding hydrogens is 263 g/mol. The quantitative estimate of drug-likeness (QED) is 0.720. The van der Waals surface area contributed by atoms with Gasteiger partial charge in [-0.2, -0.15) is 0 Å². The maximum absolute atomic E-state index is 13.4. The summed E-state index contributed by atoms with van der Waals surface area (Å²) in [5.41, 5.74) is 1.55. The second-order valence-electron chi connectivity index (χ2n) is 7.98. The van der Waals surface area contributed by atoms with Crippen LogP contribution in [-0.4, -0.2) is 5.78 Å². The number of aryl methyl sites for hydroxylation is 1. The smallest absolute Gasteiger partial charge is 0.163 e. The fourth-order valence-electron chi connectivity index (χ4n) is 5.77. The maximum atomic E-state index is 13.4. The molecule has 1 nitrogen and oxygen atoms in total. The van der Waals surface area contributed by atoms with Gasteiger partial charge >= 0.3 is 0 Å².